The topological polar surface area (TPSA) is 12.5 Å². The second-order valence-electron chi connectivity index (χ2n) is 3.83. The number of piperidine rings is 1. The zero-order valence-corrected chi connectivity index (χ0v) is 7.15. The van der Waals surface area contributed by atoms with Crippen molar-refractivity contribution in [3.8, 4) is 0 Å². The number of rotatable bonds is 0. The molecule has 0 radical (unpaired) electrons. The smallest absolute Gasteiger partial charge is 0.300 e. The zero-order valence-electron chi connectivity index (χ0n) is 7.15. The summed E-state index contributed by atoms with van der Waals surface area (Å²) in [6, 6.07) is 0. The Bertz CT molecular complexity index is 197. The third-order valence-corrected chi connectivity index (χ3v) is 2.84. The van der Waals surface area contributed by atoms with E-state index in [-0.39, 0.29) is 6.61 Å². The highest BCUT2D eigenvalue weighted by Crippen LogP contribution is 2.46. The van der Waals surface area contributed by atoms with E-state index in [9.17, 15) is 8.78 Å². The summed E-state index contributed by atoms with van der Waals surface area (Å²) in [4.78, 5) is 1.91. The summed E-state index contributed by atoms with van der Waals surface area (Å²) in [5, 5.41) is 0. The van der Waals surface area contributed by atoms with E-state index in [0.29, 0.717) is 13.0 Å². The average Bonchev–Trinajstić information content (AvgIpc) is 2.03. The molecule has 2 fully saturated rings. The van der Waals surface area contributed by atoms with Gasteiger partial charge >= 0.3 is 0 Å². The lowest BCUT2D eigenvalue weighted by Crippen LogP contribution is -2.69. The third kappa shape index (κ3) is 0.977. The number of alkyl halides is 2. The fourth-order valence-corrected chi connectivity index (χ4v) is 2.03. The lowest BCUT2D eigenvalue weighted by Gasteiger charge is -2.52. The van der Waals surface area contributed by atoms with Crippen LogP contribution in [0.5, 0.6) is 0 Å². The number of likely N-dealkylation sites (N-methyl/N-ethyl adjacent to an activating group) is 1. The van der Waals surface area contributed by atoms with Crippen LogP contribution < -0.4 is 0 Å². The standard InChI is InChI=1S/C8H13F2NO/c1-11-4-2-3-7(5-11)8(9,10)6-12-7/h2-6H2,1H3. The fourth-order valence-electron chi connectivity index (χ4n) is 2.03. The highest BCUT2D eigenvalue weighted by atomic mass is 19.3. The Morgan fingerprint density at radius 1 is 1.42 bits per heavy atom. The molecule has 4 heteroatoms. The predicted octanol–water partition coefficient (Wildman–Crippen LogP) is 1.12. The summed E-state index contributed by atoms with van der Waals surface area (Å²) in [6.45, 7) is 0.891. The van der Waals surface area contributed by atoms with Gasteiger partial charge in [-0.2, -0.15) is 0 Å². The Labute approximate surface area is 70.5 Å². The van der Waals surface area contributed by atoms with Gasteiger partial charge in [-0.15, -0.1) is 0 Å². The first-order chi connectivity index (χ1) is 5.56. The molecule has 1 spiro atoms. The van der Waals surface area contributed by atoms with Crippen molar-refractivity contribution in [2.75, 3.05) is 26.7 Å². The van der Waals surface area contributed by atoms with Crippen molar-refractivity contribution < 1.29 is 13.5 Å². The molecular formula is C8H13F2NO. The van der Waals surface area contributed by atoms with Crippen LogP contribution in [0.25, 0.3) is 0 Å². The van der Waals surface area contributed by atoms with Crippen LogP contribution in [0, 0.1) is 0 Å². The molecule has 70 valence electrons. The molecule has 2 heterocycles. The van der Waals surface area contributed by atoms with E-state index >= 15 is 0 Å². The molecule has 2 rings (SSSR count). The van der Waals surface area contributed by atoms with Gasteiger partial charge in [0.1, 0.15) is 12.2 Å². The van der Waals surface area contributed by atoms with Crippen molar-refractivity contribution >= 4 is 0 Å². The van der Waals surface area contributed by atoms with Crippen LogP contribution in [0.1, 0.15) is 12.8 Å². The van der Waals surface area contributed by atoms with Crippen LogP contribution in [0.3, 0.4) is 0 Å². The number of ether oxygens (including phenoxy) is 1. The molecule has 0 aliphatic carbocycles. The number of hydrogen-bond donors (Lipinski definition) is 0. The van der Waals surface area contributed by atoms with Crippen molar-refractivity contribution in [3.63, 3.8) is 0 Å². The summed E-state index contributed by atoms with van der Waals surface area (Å²) in [5.74, 6) is -2.60. The average molecular weight is 177 g/mol. The molecule has 2 aliphatic heterocycles. The molecule has 1 unspecified atom stereocenters. The summed E-state index contributed by atoms with van der Waals surface area (Å²) in [7, 11) is 1.86. The number of hydrogen-bond acceptors (Lipinski definition) is 2. The first kappa shape index (κ1) is 8.38. The lowest BCUT2D eigenvalue weighted by atomic mass is 9.82. The van der Waals surface area contributed by atoms with E-state index in [1.54, 1.807) is 0 Å². The molecule has 0 bridgehead atoms. The highest BCUT2D eigenvalue weighted by molar-refractivity contribution is 5.05. The minimum atomic E-state index is -2.60. The molecule has 0 aromatic carbocycles. The van der Waals surface area contributed by atoms with Gasteiger partial charge in [0.15, 0.2) is 0 Å². The van der Waals surface area contributed by atoms with Gasteiger partial charge in [-0.05, 0) is 26.4 Å². The van der Waals surface area contributed by atoms with Crippen molar-refractivity contribution in [1.29, 1.82) is 0 Å². The maximum Gasteiger partial charge on any atom is 0.300 e. The van der Waals surface area contributed by atoms with Gasteiger partial charge < -0.3 is 9.64 Å². The summed E-state index contributed by atoms with van der Waals surface area (Å²) in [5.41, 5.74) is -1.14. The minimum absolute atomic E-state index is 0.375. The summed E-state index contributed by atoms with van der Waals surface area (Å²) < 4.78 is 31.3. The van der Waals surface area contributed by atoms with Gasteiger partial charge in [0.05, 0.1) is 0 Å². The summed E-state index contributed by atoms with van der Waals surface area (Å²) >= 11 is 0. The van der Waals surface area contributed by atoms with Gasteiger partial charge in [0, 0.05) is 6.54 Å². The number of nitrogens with zero attached hydrogens (tertiary/aromatic N) is 1. The molecular weight excluding hydrogens is 164 g/mol. The molecule has 12 heavy (non-hydrogen) atoms. The quantitative estimate of drug-likeness (QED) is 0.549. The summed E-state index contributed by atoms with van der Waals surface area (Å²) in [6.07, 6.45) is 1.32. The number of likely N-dealkylation sites (tertiary alicyclic amines) is 1. The van der Waals surface area contributed by atoms with E-state index in [0.717, 1.165) is 13.0 Å². The Kier molecular flexibility index (Phi) is 1.67. The van der Waals surface area contributed by atoms with Crippen LogP contribution in [0.4, 0.5) is 8.78 Å². The predicted molar refractivity (Wildman–Crippen MR) is 40.4 cm³/mol. The third-order valence-electron chi connectivity index (χ3n) is 2.84. The highest BCUT2D eigenvalue weighted by Gasteiger charge is 2.64. The van der Waals surface area contributed by atoms with Crippen LogP contribution in [0.15, 0.2) is 0 Å². The van der Waals surface area contributed by atoms with E-state index in [1.807, 2.05) is 11.9 Å². The molecule has 1 atom stereocenters. The Balaban J connectivity index is 2.10. The number of halogens is 2. The second kappa shape index (κ2) is 2.39. The van der Waals surface area contributed by atoms with Gasteiger partial charge in [0.2, 0.25) is 0 Å². The molecule has 0 N–H and O–H groups in total. The normalized spacial score (nSPS) is 41.2. The molecule has 2 nitrogen and oxygen atoms in total. The molecule has 0 aromatic heterocycles. The van der Waals surface area contributed by atoms with E-state index in [4.69, 9.17) is 4.74 Å². The molecule has 2 aliphatic rings. The van der Waals surface area contributed by atoms with E-state index in [1.165, 1.54) is 0 Å². The maximum atomic E-state index is 13.1. The van der Waals surface area contributed by atoms with Gasteiger partial charge in [0.25, 0.3) is 5.92 Å². The van der Waals surface area contributed by atoms with Crippen molar-refractivity contribution in [1.82, 2.24) is 4.90 Å². The van der Waals surface area contributed by atoms with Gasteiger partial charge in [-0.3, -0.25) is 0 Å². The Morgan fingerprint density at radius 2 is 2.17 bits per heavy atom. The van der Waals surface area contributed by atoms with Gasteiger partial charge in [-0.25, -0.2) is 8.78 Å². The maximum absolute atomic E-state index is 13.1. The molecule has 2 saturated heterocycles. The van der Waals surface area contributed by atoms with Crippen LogP contribution in [0.2, 0.25) is 0 Å². The minimum Gasteiger partial charge on any atom is -0.361 e. The Morgan fingerprint density at radius 3 is 2.50 bits per heavy atom. The van der Waals surface area contributed by atoms with Crippen LogP contribution in [-0.4, -0.2) is 43.2 Å². The van der Waals surface area contributed by atoms with Crippen LogP contribution in [-0.2, 0) is 4.74 Å². The van der Waals surface area contributed by atoms with E-state index < -0.39 is 11.5 Å². The van der Waals surface area contributed by atoms with Crippen LogP contribution >= 0.6 is 0 Å². The van der Waals surface area contributed by atoms with Crippen molar-refractivity contribution in [3.05, 3.63) is 0 Å². The first-order valence-electron chi connectivity index (χ1n) is 4.26. The second-order valence-corrected chi connectivity index (χ2v) is 3.83. The zero-order chi connectivity index (χ0) is 8.82. The Hall–Kier alpha value is -0.220. The van der Waals surface area contributed by atoms with Crippen molar-refractivity contribution in [2.45, 2.75) is 24.4 Å². The molecule has 0 amide bonds. The largest absolute Gasteiger partial charge is 0.361 e. The molecule has 0 saturated carbocycles. The molecule has 0 aromatic rings. The van der Waals surface area contributed by atoms with Gasteiger partial charge in [-0.1, -0.05) is 0 Å². The van der Waals surface area contributed by atoms with Crippen molar-refractivity contribution in [2.24, 2.45) is 0 Å². The first-order valence-corrected chi connectivity index (χ1v) is 4.26. The SMILES string of the molecule is CN1CCCC2(C1)OCC2(F)F. The lowest BCUT2D eigenvalue weighted by molar-refractivity contribution is -0.340. The fraction of sp³-hybridized carbons (Fsp3) is 1.00. The van der Waals surface area contributed by atoms with E-state index in [2.05, 4.69) is 0 Å². The monoisotopic (exact) mass is 177 g/mol.